The van der Waals surface area contributed by atoms with Gasteiger partial charge < -0.3 is 5.32 Å². The Hall–Kier alpha value is -1.13. The predicted octanol–water partition coefficient (Wildman–Crippen LogP) is 1.85. The zero-order valence-corrected chi connectivity index (χ0v) is 9.61. The van der Waals surface area contributed by atoms with E-state index in [4.69, 9.17) is 11.6 Å². The van der Waals surface area contributed by atoms with Gasteiger partial charge in [-0.05, 0) is 31.5 Å². The van der Waals surface area contributed by atoms with Crippen molar-refractivity contribution in [3.05, 3.63) is 29.2 Å². The summed E-state index contributed by atoms with van der Waals surface area (Å²) in [5.74, 6) is 1.40. The van der Waals surface area contributed by atoms with E-state index in [0.717, 1.165) is 31.0 Å². The van der Waals surface area contributed by atoms with Crippen LogP contribution in [0.1, 0.15) is 24.6 Å². The first-order valence-corrected chi connectivity index (χ1v) is 5.94. The van der Waals surface area contributed by atoms with Gasteiger partial charge in [0.2, 0.25) is 0 Å². The second kappa shape index (κ2) is 4.03. The molecule has 0 bridgehead atoms. The van der Waals surface area contributed by atoms with Gasteiger partial charge in [0.05, 0.1) is 0 Å². The van der Waals surface area contributed by atoms with E-state index in [0.29, 0.717) is 11.1 Å². The first kappa shape index (κ1) is 10.1. The van der Waals surface area contributed by atoms with Gasteiger partial charge in [-0.25, -0.2) is 0 Å². The Morgan fingerprint density at radius 3 is 3.12 bits per heavy atom. The number of hydrogen-bond acceptors (Lipinski definition) is 3. The van der Waals surface area contributed by atoms with E-state index < -0.39 is 0 Å². The molecule has 1 unspecified atom stereocenters. The Morgan fingerprint density at radius 2 is 2.31 bits per heavy atom. The summed E-state index contributed by atoms with van der Waals surface area (Å²) in [5, 5.41) is 12.5. The van der Waals surface area contributed by atoms with Crippen LogP contribution >= 0.6 is 11.6 Å². The second-order valence-electron chi connectivity index (χ2n) is 4.14. The Balaban J connectivity index is 2.09. The minimum atomic E-state index is 0.420. The van der Waals surface area contributed by atoms with Gasteiger partial charge in [-0.2, -0.15) is 0 Å². The number of halogens is 1. The fourth-order valence-corrected chi connectivity index (χ4v) is 2.51. The summed E-state index contributed by atoms with van der Waals surface area (Å²) in [4.78, 5) is 0. The lowest BCUT2D eigenvalue weighted by atomic mass is 9.99. The minimum absolute atomic E-state index is 0.420. The van der Waals surface area contributed by atoms with E-state index >= 15 is 0 Å². The van der Waals surface area contributed by atoms with Crippen molar-refractivity contribution in [2.45, 2.75) is 18.8 Å². The molecule has 1 fully saturated rings. The fraction of sp³-hybridized carbons (Fsp3) is 0.455. The maximum atomic E-state index is 6.19. The summed E-state index contributed by atoms with van der Waals surface area (Å²) in [6.07, 6.45) is 2.34. The van der Waals surface area contributed by atoms with E-state index in [1.54, 1.807) is 0 Å². The highest BCUT2D eigenvalue weighted by molar-refractivity contribution is 6.29. The average molecular weight is 237 g/mol. The predicted molar refractivity (Wildman–Crippen MR) is 62.8 cm³/mol. The Bertz CT molecular complexity index is 502. The van der Waals surface area contributed by atoms with Gasteiger partial charge >= 0.3 is 0 Å². The molecule has 0 aliphatic carbocycles. The van der Waals surface area contributed by atoms with Crippen molar-refractivity contribution in [3.8, 4) is 0 Å². The van der Waals surface area contributed by atoms with E-state index in [-0.39, 0.29) is 0 Å². The summed E-state index contributed by atoms with van der Waals surface area (Å²) < 4.78 is 1.94. The quantitative estimate of drug-likeness (QED) is 0.769. The zero-order chi connectivity index (χ0) is 11.0. The van der Waals surface area contributed by atoms with Crippen molar-refractivity contribution in [2.75, 3.05) is 13.1 Å². The van der Waals surface area contributed by atoms with Crippen LogP contribution in [0.25, 0.3) is 5.65 Å². The average Bonchev–Trinajstić information content (AvgIpc) is 2.75. The van der Waals surface area contributed by atoms with Crippen LogP contribution in [0.15, 0.2) is 18.2 Å². The molecule has 1 N–H and O–H groups in total. The van der Waals surface area contributed by atoms with Gasteiger partial charge in [-0.15, -0.1) is 10.2 Å². The van der Waals surface area contributed by atoms with Crippen molar-refractivity contribution in [1.82, 2.24) is 19.9 Å². The summed E-state index contributed by atoms with van der Waals surface area (Å²) >= 11 is 6.19. The molecule has 1 saturated heterocycles. The van der Waals surface area contributed by atoms with Crippen LogP contribution in [0.5, 0.6) is 0 Å². The number of hydrogen-bond donors (Lipinski definition) is 1. The Morgan fingerprint density at radius 1 is 1.38 bits per heavy atom. The highest BCUT2D eigenvalue weighted by Crippen LogP contribution is 2.24. The number of nitrogens with one attached hydrogen (secondary N) is 1. The second-order valence-corrected chi connectivity index (χ2v) is 4.53. The van der Waals surface area contributed by atoms with Gasteiger partial charge in [0.1, 0.15) is 11.0 Å². The lowest BCUT2D eigenvalue weighted by molar-refractivity contribution is 0.444. The molecule has 1 aliphatic rings. The monoisotopic (exact) mass is 236 g/mol. The molecular weight excluding hydrogens is 224 g/mol. The summed E-state index contributed by atoms with van der Waals surface area (Å²) in [6, 6.07) is 5.70. The topological polar surface area (TPSA) is 42.2 Å². The molecular formula is C11H13ClN4. The molecule has 84 valence electrons. The third-order valence-corrected chi connectivity index (χ3v) is 3.36. The van der Waals surface area contributed by atoms with Crippen molar-refractivity contribution < 1.29 is 0 Å². The third-order valence-electron chi connectivity index (χ3n) is 3.07. The molecule has 0 spiro atoms. The maximum absolute atomic E-state index is 6.19. The number of piperidine rings is 1. The molecule has 3 rings (SSSR count). The summed E-state index contributed by atoms with van der Waals surface area (Å²) in [6.45, 7) is 2.06. The molecule has 2 aromatic rings. The molecule has 0 aromatic carbocycles. The maximum Gasteiger partial charge on any atom is 0.161 e. The lowest BCUT2D eigenvalue weighted by Gasteiger charge is -2.21. The molecule has 2 aromatic heterocycles. The molecule has 0 saturated carbocycles. The molecule has 5 heteroatoms. The van der Waals surface area contributed by atoms with Crippen LogP contribution < -0.4 is 5.32 Å². The highest BCUT2D eigenvalue weighted by Gasteiger charge is 2.21. The molecule has 1 aliphatic heterocycles. The van der Waals surface area contributed by atoms with Crippen LogP contribution in [0, 0.1) is 0 Å². The van der Waals surface area contributed by atoms with Crippen LogP contribution in [0.3, 0.4) is 0 Å². The number of nitrogens with zero attached hydrogens (tertiary/aromatic N) is 3. The summed E-state index contributed by atoms with van der Waals surface area (Å²) in [7, 11) is 0. The molecule has 16 heavy (non-hydrogen) atoms. The SMILES string of the molecule is Clc1cccc2nnc(C3CCCNC3)n12. The molecule has 4 nitrogen and oxygen atoms in total. The Labute approximate surface area is 98.6 Å². The minimum Gasteiger partial charge on any atom is -0.316 e. The van der Waals surface area contributed by atoms with E-state index in [1.807, 2.05) is 22.6 Å². The van der Waals surface area contributed by atoms with Crippen molar-refractivity contribution in [3.63, 3.8) is 0 Å². The zero-order valence-electron chi connectivity index (χ0n) is 8.86. The van der Waals surface area contributed by atoms with Gasteiger partial charge in [0.15, 0.2) is 5.65 Å². The largest absolute Gasteiger partial charge is 0.316 e. The van der Waals surface area contributed by atoms with Crippen molar-refractivity contribution >= 4 is 17.2 Å². The van der Waals surface area contributed by atoms with Gasteiger partial charge in [-0.3, -0.25) is 4.40 Å². The van der Waals surface area contributed by atoms with E-state index in [9.17, 15) is 0 Å². The summed E-state index contributed by atoms with van der Waals surface area (Å²) in [5.41, 5.74) is 0.827. The van der Waals surface area contributed by atoms with Crippen molar-refractivity contribution in [1.29, 1.82) is 0 Å². The van der Waals surface area contributed by atoms with E-state index in [2.05, 4.69) is 15.5 Å². The molecule has 0 amide bonds. The van der Waals surface area contributed by atoms with E-state index in [1.165, 1.54) is 6.42 Å². The number of pyridine rings is 1. The first-order valence-electron chi connectivity index (χ1n) is 5.56. The molecule has 0 radical (unpaired) electrons. The number of fused-ring (bicyclic) bond motifs is 1. The van der Waals surface area contributed by atoms with Gasteiger partial charge in [0, 0.05) is 12.5 Å². The van der Waals surface area contributed by atoms with Crippen LogP contribution in [-0.4, -0.2) is 27.7 Å². The Kier molecular flexibility index (Phi) is 2.53. The normalized spacial score (nSPS) is 21.4. The smallest absolute Gasteiger partial charge is 0.161 e. The van der Waals surface area contributed by atoms with Crippen LogP contribution in [-0.2, 0) is 0 Å². The molecule has 3 heterocycles. The van der Waals surface area contributed by atoms with Crippen LogP contribution in [0.2, 0.25) is 5.15 Å². The highest BCUT2D eigenvalue weighted by atomic mass is 35.5. The lowest BCUT2D eigenvalue weighted by Crippen LogP contribution is -2.29. The first-order chi connectivity index (χ1) is 7.86. The van der Waals surface area contributed by atoms with Crippen LogP contribution in [0.4, 0.5) is 0 Å². The fourth-order valence-electron chi connectivity index (χ4n) is 2.26. The number of aromatic nitrogens is 3. The van der Waals surface area contributed by atoms with Gasteiger partial charge in [0.25, 0.3) is 0 Å². The third kappa shape index (κ3) is 1.58. The molecule has 1 atom stereocenters. The standard InChI is InChI=1S/C11H13ClN4/c12-9-4-1-5-10-14-15-11(16(9)10)8-3-2-6-13-7-8/h1,4-5,8,13H,2-3,6-7H2. The number of rotatable bonds is 1. The van der Waals surface area contributed by atoms with Crippen molar-refractivity contribution in [2.24, 2.45) is 0 Å². The van der Waals surface area contributed by atoms with Gasteiger partial charge in [-0.1, -0.05) is 17.7 Å².